The first-order valence-electron chi connectivity index (χ1n) is 7.03. The van der Waals surface area contributed by atoms with Gasteiger partial charge in [-0.15, -0.1) is 0 Å². The number of primary amides is 1. The van der Waals surface area contributed by atoms with Gasteiger partial charge < -0.3 is 16.0 Å². The maximum absolute atomic E-state index is 12.3. The molecule has 0 spiro atoms. The van der Waals surface area contributed by atoms with Gasteiger partial charge in [0.25, 0.3) is 0 Å². The van der Waals surface area contributed by atoms with Crippen LogP contribution in [0.3, 0.4) is 0 Å². The fraction of sp³-hybridized carbons (Fsp3) is 0.467. The summed E-state index contributed by atoms with van der Waals surface area (Å²) in [5.74, 6) is -0.322. The van der Waals surface area contributed by atoms with Crippen LogP contribution in [0.4, 0.5) is 5.69 Å². The quantitative estimate of drug-likeness (QED) is 0.876. The van der Waals surface area contributed by atoms with Crippen molar-refractivity contribution in [3.63, 3.8) is 0 Å². The van der Waals surface area contributed by atoms with Crippen LogP contribution in [0.2, 0.25) is 0 Å². The summed E-state index contributed by atoms with van der Waals surface area (Å²) in [5, 5.41) is 3.16. The van der Waals surface area contributed by atoms with Crippen LogP contribution in [0.25, 0.3) is 0 Å². The van der Waals surface area contributed by atoms with Crippen molar-refractivity contribution in [2.45, 2.75) is 32.2 Å². The van der Waals surface area contributed by atoms with Gasteiger partial charge in [0.2, 0.25) is 11.8 Å². The average molecular weight is 275 g/mol. The van der Waals surface area contributed by atoms with Crippen LogP contribution in [-0.2, 0) is 4.79 Å². The molecule has 1 aromatic rings. The number of carbonyl (C=O) groups excluding carboxylic acids is 2. The fourth-order valence-corrected chi connectivity index (χ4v) is 2.43. The van der Waals surface area contributed by atoms with Crippen molar-refractivity contribution in [3.05, 3.63) is 29.8 Å². The summed E-state index contributed by atoms with van der Waals surface area (Å²) >= 11 is 0. The Bertz CT molecular complexity index is 478. The van der Waals surface area contributed by atoms with Crippen LogP contribution in [0.1, 0.15) is 36.5 Å². The zero-order valence-corrected chi connectivity index (χ0v) is 11.8. The summed E-state index contributed by atoms with van der Waals surface area (Å²) in [6.45, 7) is 3.57. The lowest BCUT2D eigenvalue weighted by molar-refractivity contribution is -0.132. The molecule has 1 saturated heterocycles. The van der Waals surface area contributed by atoms with E-state index in [0.29, 0.717) is 5.56 Å². The molecule has 1 aliphatic rings. The van der Waals surface area contributed by atoms with E-state index in [0.717, 1.165) is 31.6 Å². The number of nitrogens with one attached hydrogen (secondary N) is 1. The van der Waals surface area contributed by atoms with Crippen LogP contribution >= 0.6 is 0 Å². The molecule has 2 rings (SSSR count). The molecule has 0 saturated carbocycles. The first kappa shape index (κ1) is 14.4. The maximum Gasteiger partial charge on any atom is 0.248 e. The third kappa shape index (κ3) is 3.50. The van der Waals surface area contributed by atoms with E-state index in [9.17, 15) is 9.59 Å². The second-order valence-electron chi connectivity index (χ2n) is 5.19. The maximum atomic E-state index is 12.3. The number of piperidine rings is 1. The molecule has 0 bridgehead atoms. The second kappa shape index (κ2) is 6.41. The number of hydrogen-bond donors (Lipinski definition) is 2. The van der Waals surface area contributed by atoms with Crippen molar-refractivity contribution in [3.8, 4) is 0 Å². The van der Waals surface area contributed by atoms with Crippen LogP contribution in [0, 0.1) is 0 Å². The lowest BCUT2D eigenvalue weighted by Crippen LogP contribution is -2.43. The summed E-state index contributed by atoms with van der Waals surface area (Å²) in [6.07, 6.45) is 3.39. The van der Waals surface area contributed by atoms with E-state index in [4.69, 9.17) is 5.73 Å². The zero-order valence-electron chi connectivity index (χ0n) is 11.8. The van der Waals surface area contributed by atoms with Gasteiger partial charge in [0.15, 0.2) is 0 Å². The highest BCUT2D eigenvalue weighted by Gasteiger charge is 2.21. The average Bonchev–Trinajstić information content (AvgIpc) is 2.48. The Morgan fingerprint density at radius 2 is 1.75 bits per heavy atom. The molecule has 1 fully saturated rings. The Morgan fingerprint density at radius 1 is 1.15 bits per heavy atom. The van der Waals surface area contributed by atoms with Crippen molar-refractivity contribution in [2.24, 2.45) is 5.73 Å². The summed E-state index contributed by atoms with van der Waals surface area (Å²) in [6, 6.07) is 6.57. The minimum Gasteiger partial charge on any atom is -0.374 e. The molecule has 0 aliphatic carbocycles. The second-order valence-corrected chi connectivity index (χ2v) is 5.19. The van der Waals surface area contributed by atoms with Gasteiger partial charge >= 0.3 is 0 Å². The van der Waals surface area contributed by atoms with E-state index < -0.39 is 5.91 Å². The molecule has 108 valence electrons. The first-order chi connectivity index (χ1) is 9.58. The molecule has 0 aromatic heterocycles. The summed E-state index contributed by atoms with van der Waals surface area (Å²) in [5.41, 5.74) is 6.47. The highest BCUT2D eigenvalue weighted by molar-refractivity contribution is 5.93. The number of carbonyl (C=O) groups is 2. The summed E-state index contributed by atoms with van der Waals surface area (Å²) < 4.78 is 0. The van der Waals surface area contributed by atoms with Crippen molar-refractivity contribution >= 4 is 17.5 Å². The molecule has 1 heterocycles. The number of nitrogens with zero attached hydrogens (tertiary/aromatic N) is 1. The number of nitrogens with two attached hydrogens (primary N) is 1. The Kier molecular flexibility index (Phi) is 4.61. The number of hydrogen-bond acceptors (Lipinski definition) is 3. The molecule has 5 heteroatoms. The van der Waals surface area contributed by atoms with Gasteiger partial charge in [-0.05, 0) is 50.5 Å². The van der Waals surface area contributed by atoms with Crippen LogP contribution in [0.5, 0.6) is 0 Å². The van der Waals surface area contributed by atoms with Crippen molar-refractivity contribution < 1.29 is 9.59 Å². The minimum atomic E-state index is -0.450. The van der Waals surface area contributed by atoms with Gasteiger partial charge in [0.1, 0.15) is 6.04 Å². The fourth-order valence-electron chi connectivity index (χ4n) is 2.43. The van der Waals surface area contributed by atoms with Gasteiger partial charge in [-0.25, -0.2) is 0 Å². The van der Waals surface area contributed by atoms with Gasteiger partial charge in [0, 0.05) is 24.3 Å². The number of anilines is 1. The third-order valence-corrected chi connectivity index (χ3v) is 3.59. The number of likely N-dealkylation sites (tertiary alicyclic amines) is 1. The van der Waals surface area contributed by atoms with E-state index in [2.05, 4.69) is 5.32 Å². The standard InChI is InChI=1S/C15H21N3O2/c1-11(15(20)18-9-3-2-4-10-18)17-13-7-5-12(6-8-13)14(16)19/h5-8,11,17H,2-4,9-10H2,1H3,(H2,16,19). The van der Waals surface area contributed by atoms with Crippen molar-refractivity contribution in [1.82, 2.24) is 4.90 Å². The molecule has 20 heavy (non-hydrogen) atoms. The van der Waals surface area contributed by atoms with Crippen LogP contribution < -0.4 is 11.1 Å². The predicted octanol–water partition coefficient (Wildman–Crippen LogP) is 1.60. The molecular formula is C15H21N3O2. The van der Waals surface area contributed by atoms with Crippen molar-refractivity contribution in [1.29, 1.82) is 0 Å². The number of benzene rings is 1. The summed E-state index contributed by atoms with van der Waals surface area (Å²) in [4.78, 5) is 25.2. The van der Waals surface area contributed by atoms with Crippen molar-refractivity contribution in [2.75, 3.05) is 18.4 Å². The highest BCUT2D eigenvalue weighted by atomic mass is 16.2. The molecule has 1 unspecified atom stereocenters. The molecule has 1 atom stereocenters. The van der Waals surface area contributed by atoms with E-state index in [1.165, 1.54) is 6.42 Å². The third-order valence-electron chi connectivity index (χ3n) is 3.59. The van der Waals surface area contributed by atoms with E-state index >= 15 is 0 Å². The molecule has 3 N–H and O–H groups in total. The summed E-state index contributed by atoms with van der Waals surface area (Å²) in [7, 11) is 0. The Morgan fingerprint density at radius 3 is 2.30 bits per heavy atom. The van der Waals surface area contributed by atoms with Crippen LogP contribution in [-0.4, -0.2) is 35.8 Å². The SMILES string of the molecule is CC(Nc1ccc(C(N)=O)cc1)C(=O)N1CCCCC1. The Balaban J connectivity index is 1.94. The van der Waals surface area contributed by atoms with Crippen LogP contribution in [0.15, 0.2) is 24.3 Å². The predicted molar refractivity (Wildman–Crippen MR) is 78.5 cm³/mol. The molecule has 2 amide bonds. The van der Waals surface area contributed by atoms with Gasteiger partial charge in [0.05, 0.1) is 0 Å². The van der Waals surface area contributed by atoms with E-state index in [-0.39, 0.29) is 11.9 Å². The highest BCUT2D eigenvalue weighted by Crippen LogP contribution is 2.14. The smallest absolute Gasteiger partial charge is 0.248 e. The Labute approximate surface area is 119 Å². The van der Waals surface area contributed by atoms with Gasteiger partial charge in [-0.2, -0.15) is 0 Å². The lowest BCUT2D eigenvalue weighted by atomic mass is 10.1. The lowest BCUT2D eigenvalue weighted by Gasteiger charge is -2.29. The number of rotatable bonds is 4. The monoisotopic (exact) mass is 275 g/mol. The molecule has 0 radical (unpaired) electrons. The first-order valence-corrected chi connectivity index (χ1v) is 7.03. The largest absolute Gasteiger partial charge is 0.374 e. The minimum absolute atomic E-state index is 0.128. The molecule has 5 nitrogen and oxygen atoms in total. The molecule has 1 aliphatic heterocycles. The van der Waals surface area contributed by atoms with Gasteiger partial charge in [-0.1, -0.05) is 0 Å². The Hall–Kier alpha value is -2.04. The molecule has 1 aromatic carbocycles. The normalized spacial score (nSPS) is 16.6. The molecular weight excluding hydrogens is 254 g/mol. The van der Waals surface area contributed by atoms with E-state index in [1.807, 2.05) is 11.8 Å². The zero-order chi connectivity index (χ0) is 14.5. The van der Waals surface area contributed by atoms with Gasteiger partial charge in [-0.3, -0.25) is 9.59 Å². The van der Waals surface area contributed by atoms with E-state index in [1.54, 1.807) is 24.3 Å². The number of amides is 2. The topological polar surface area (TPSA) is 75.4 Å².